The van der Waals surface area contributed by atoms with Crippen LogP contribution in [0, 0.1) is 20.8 Å². The molecule has 2 aromatic rings. The Morgan fingerprint density at radius 1 is 1.39 bits per heavy atom. The van der Waals surface area contributed by atoms with Gasteiger partial charge >= 0.3 is 0 Å². The van der Waals surface area contributed by atoms with Gasteiger partial charge in [-0.2, -0.15) is 5.10 Å². The largest absolute Gasteiger partial charge is 0.466 e. The molecule has 0 aliphatic rings. The lowest BCUT2D eigenvalue weighted by Gasteiger charge is -2.05. The van der Waals surface area contributed by atoms with Gasteiger partial charge < -0.3 is 4.42 Å². The van der Waals surface area contributed by atoms with E-state index < -0.39 is 0 Å². The van der Waals surface area contributed by atoms with E-state index in [0.29, 0.717) is 28.0 Å². The quantitative estimate of drug-likeness (QED) is 0.816. The van der Waals surface area contributed by atoms with Crippen LogP contribution < -0.4 is 0 Å². The first-order valence-corrected chi connectivity index (χ1v) is 6.59. The van der Waals surface area contributed by atoms with Crippen LogP contribution in [-0.4, -0.2) is 15.6 Å². The van der Waals surface area contributed by atoms with Gasteiger partial charge in [-0.1, -0.05) is 0 Å². The number of furan rings is 1. The molecule has 2 aromatic heterocycles. The minimum absolute atomic E-state index is 0.0481. The average Bonchev–Trinajstić information content (AvgIpc) is 2.80. The van der Waals surface area contributed by atoms with Crippen molar-refractivity contribution in [1.29, 1.82) is 0 Å². The van der Waals surface area contributed by atoms with Crippen LogP contribution in [0.5, 0.6) is 0 Å². The first kappa shape index (κ1) is 13.1. The number of rotatable bonds is 3. The summed E-state index contributed by atoms with van der Waals surface area (Å²) < 4.78 is 7.91. The zero-order valence-corrected chi connectivity index (χ0v) is 12.5. The summed E-state index contributed by atoms with van der Waals surface area (Å²) in [7, 11) is 0. The topological polar surface area (TPSA) is 48.0 Å². The Bertz CT molecular complexity index is 611. The van der Waals surface area contributed by atoms with Crippen LogP contribution in [-0.2, 0) is 6.54 Å². The molecule has 4 nitrogen and oxygen atoms in total. The molecule has 2 rings (SSSR count). The van der Waals surface area contributed by atoms with Crippen molar-refractivity contribution < 1.29 is 9.21 Å². The van der Waals surface area contributed by atoms with Crippen molar-refractivity contribution in [3.8, 4) is 0 Å². The molecule has 0 unspecified atom stereocenters. The summed E-state index contributed by atoms with van der Waals surface area (Å²) in [5.41, 5.74) is 2.11. The predicted octanol–water partition coefficient (Wildman–Crippen LogP) is 3.41. The van der Waals surface area contributed by atoms with Gasteiger partial charge in [0.2, 0.25) is 5.78 Å². The lowest BCUT2D eigenvalue weighted by Crippen LogP contribution is -2.12. The summed E-state index contributed by atoms with van der Waals surface area (Å²) in [6.07, 6.45) is 1.65. The van der Waals surface area contributed by atoms with Gasteiger partial charge in [-0.3, -0.25) is 9.48 Å². The van der Waals surface area contributed by atoms with E-state index in [1.165, 1.54) is 0 Å². The van der Waals surface area contributed by atoms with Gasteiger partial charge in [-0.15, -0.1) is 0 Å². The van der Waals surface area contributed by atoms with E-state index >= 15 is 0 Å². The second-order valence-electron chi connectivity index (χ2n) is 4.20. The Morgan fingerprint density at radius 2 is 2.06 bits per heavy atom. The molecule has 0 N–H and O–H groups in total. The third kappa shape index (κ3) is 1.92. The maximum atomic E-state index is 12.6. The van der Waals surface area contributed by atoms with Crippen molar-refractivity contribution in [2.24, 2.45) is 0 Å². The van der Waals surface area contributed by atoms with Gasteiger partial charge in [-0.05, 0) is 43.6 Å². The fraction of sp³-hybridized carbons (Fsp3) is 0.385. The Labute approximate surface area is 114 Å². The second kappa shape index (κ2) is 4.72. The van der Waals surface area contributed by atoms with Crippen molar-refractivity contribution in [1.82, 2.24) is 9.78 Å². The van der Waals surface area contributed by atoms with E-state index in [-0.39, 0.29) is 5.78 Å². The smallest absolute Gasteiger partial charge is 0.215 e. The van der Waals surface area contributed by atoms with Crippen molar-refractivity contribution in [3.63, 3.8) is 0 Å². The predicted molar refractivity (Wildman–Crippen MR) is 72.0 cm³/mol. The minimum Gasteiger partial charge on any atom is -0.466 e. The summed E-state index contributed by atoms with van der Waals surface area (Å²) in [5.74, 6) is 1.40. The number of aryl methyl sites for hydroxylation is 3. The highest BCUT2D eigenvalue weighted by molar-refractivity contribution is 9.10. The molecule has 0 aromatic carbocycles. The van der Waals surface area contributed by atoms with Crippen LogP contribution >= 0.6 is 15.9 Å². The highest BCUT2D eigenvalue weighted by Crippen LogP contribution is 2.26. The number of hydrogen-bond donors (Lipinski definition) is 0. The molecule has 0 aliphatic heterocycles. The Kier molecular flexibility index (Phi) is 3.43. The third-order valence-corrected chi connectivity index (χ3v) is 3.68. The monoisotopic (exact) mass is 310 g/mol. The molecule has 5 heteroatoms. The summed E-state index contributed by atoms with van der Waals surface area (Å²) in [4.78, 5) is 12.6. The normalized spacial score (nSPS) is 10.9. The van der Waals surface area contributed by atoms with E-state index in [1.807, 2.05) is 27.7 Å². The van der Waals surface area contributed by atoms with E-state index in [4.69, 9.17) is 4.42 Å². The van der Waals surface area contributed by atoms with E-state index in [9.17, 15) is 4.79 Å². The maximum Gasteiger partial charge on any atom is 0.215 e. The molecule has 0 atom stereocenters. The van der Waals surface area contributed by atoms with Crippen LogP contribution in [0.2, 0.25) is 0 Å². The number of nitrogens with zero attached hydrogens (tertiary/aromatic N) is 2. The zero-order chi connectivity index (χ0) is 13.4. The number of carbonyl (C=O) groups is 1. The van der Waals surface area contributed by atoms with Crippen LogP contribution in [0.3, 0.4) is 0 Å². The Hall–Kier alpha value is -1.36. The van der Waals surface area contributed by atoms with E-state index in [0.717, 1.165) is 11.3 Å². The third-order valence-electron chi connectivity index (χ3n) is 3.10. The van der Waals surface area contributed by atoms with Gasteiger partial charge in [0.05, 0.1) is 16.2 Å². The summed E-state index contributed by atoms with van der Waals surface area (Å²) in [6.45, 7) is 8.19. The number of hydrogen-bond acceptors (Lipinski definition) is 3. The lowest BCUT2D eigenvalue weighted by molar-refractivity contribution is 0.102. The average molecular weight is 311 g/mol. The van der Waals surface area contributed by atoms with Crippen molar-refractivity contribution >= 4 is 21.7 Å². The standard InChI is InChI=1S/C13H15BrN2O2/c1-5-16-12(10(14)6-15-16)13(17)11-7(2)8(3)18-9(11)4/h6H,5H2,1-4H3. The number of halogens is 1. The van der Waals surface area contributed by atoms with Gasteiger partial charge in [-0.25, -0.2) is 0 Å². The molecule has 18 heavy (non-hydrogen) atoms. The maximum absolute atomic E-state index is 12.6. The number of ketones is 1. The molecule has 0 aliphatic carbocycles. The number of aromatic nitrogens is 2. The molecule has 0 spiro atoms. The van der Waals surface area contributed by atoms with Crippen LogP contribution in [0.4, 0.5) is 0 Å². The van der Waals surface area contributed by atoms with Gasteiger partial charge in [0.25, 0.3) is 0 Å². The van der Waals surface area contributed by atoms with Crippen molar-refractivity contribution in [2.45, 2.75) is 34.2 Å². The molecule has 0 saturated carbocycles. The fourth-order valence-corrected chi connectivity index (χ4v) is 2.55. The number of carbonyl (C=O) groups excluding carboxylic acids is 1. The Balaban J connectivity index is 2.58. The first-order chi connectivity index (χ1) is 8.47. The molecule has 0 fully saturated rings. The molecule has 96 valence electrons. The minimum atomic E-state index is -0.0481. The SMILES string of the molecule is CCn1ncc(Br)c1C(=O)c1c(C)oc(C)c1C. The first-order valence-electron chi connectivity index (χ1n) is 5.80. The van der Waals surface area contributed by atoms with Gasteiger partial charge in [0, 0.05) is 12.1 Å². The second-order valence-corrected chi connectivity index (χ2v) is 5.05. The molecule has 0 bridgehead atoms. The highest BCUT2D eigenvalue weighted by Gasteiger charge is 2.24. The van der Waals surface area contributed by atoms with Gasteiger partial charge in [0.15, 0.2) is 0 Å². The summed E-state index contributed by atoms with van der Waals surface area (Å²) in [5, 5.41) is 4.17. The van der Waals surface area contributed by atoms with E-state index in [2.05, 4.69) is 21.0 Å². The van der Waals surface area contributed by atoms with Crippen LogP contribution in [0.1, 0.15) is 40.1 Å². The molecular weight excluding hydrogens is 296 g/mol. The van der Waals surface area contributed by atoms with Crippen molar-refractivity contribution in [2.75, 3.05) is 0 Å². The fourth-order valence-electron chi connectivity index (χ4n) is 2.07. The van der Waals surface area contributed by atoms with Crippen LogP contribution in [0.15, 0.2) is 15.1 Å². The molecule has 0 amide bonds. The van der Waals surface area contributed by atoms with Gasteiger partial charge in [0.1, 0.15) is 17.2 Å². The van der Waals surface area contributed by atoms with Crippen LogP contribution in [0.25, 0.3) is 0 Å². The zero-order valence-electron chi connectivity index (χ0n) is 10.9. The molecule has 0 radical (unpaired) electrons. The lowest BCUT2D eigenvalue weighted by atomic mass is 10.0. The van der Waals surface area contributed by atoms with Crippen molar-refractivity contribution in [3.05, 3.63) is 39.0 Å². The molecule has 0 saturated heterocycles. The molecule has 2 heterocycles. The highest BCUT2D eigenvalue weighted by atomic mass is 79.9. The summed E-state index contributed by atoms with van der Waals surface area (Å²) >= 11 is 3.38. The Morgan fingerprint density at radius 3 is 2.56 bits per heavy atom. The van der Waals surface area contributed by atoms with E-state index in [1.54, 1.807) is 10.9 Å². The summed E-state index contributed by atoms with van der Waals surface area (Å²) in [6, 6.07) is 0. The molecular formula is C13H15BrN2O2.